The van der Waals surface area contributed by atoms with Crippen LogP contribution in [0.3, 0.4) is 0 Å². The van der Waals surface area contributed by atoms with Gasteiger partial charge in [0.05, 0.1) is 22.2 Å². The minimum atomic E-state index is 0.647. The average Bonchev–Trinajstić information content (AvgIpc) is 3.87. The minimum Gasteiger partial charge on any atom is -0.278 e. The van der Waals surface area contributed by atoms with E-state index in [0.29, 0.717) is 5.95 Å². The van der Waals surface area contributed by atoms with E-state index in [2.05, 4.69) is 217 Å². The molecule has 3 heterocycles. The van der Waals surface area contributed by atoms with E-state index in [-0.39, 0.29) is 0 Å². The first kappa shape index (κ1) is 34.4. The molecule has 0 unspecified atom stereocenters. The Morgan fingerprint density at radius 3 is 1.52 bits per heavy atom. The summed E-state index contributed by atoms with van der Waals surface area (Å²) in [6.45, 7) is 0. The van der Waals surface area contributed by atoms with E-state index in [4.69, 9.17) is 9.97 Å². The van der Waals surface area contributed by atoms with Crippen LogP contribution < -0.4 is 0 Å². The zero-order valence-electron chi connectivity index (χ0n) is 32.5. The molecule has 0 aliphatic rings. The van der Waals surface area contributed by atoms with Crippen molar-refractivity contribution in [3.63, 3.8) is 0 Å². The van der Waals surface area contributed by atoms with Crippen LogP contribution >= 0.6 is 11.3 Å². The molecule has 280 valence electrons. The molecular formula is C56H35N3S. The number of hydrogen-bond acceptors (Lipinski definition) is 3. The summed E-state index contributed by atoms with van der Waals surface area (Å²) >= 11 is 1.86. The molecule has 0 saturated carbocycles. The molecule has 0 N–H and O–H groups in total. The summed E-state index contributed by atoms with van der Waals surface area (Å²) in [5.41, 5.74) is 14.4. The van der Waals surface area contributed by atoms with E-state index in [9.17, 15) is 0 Å². The summed E-state index contributed by atoms with van der Waals surface area (Å²) in [5.74, 6) is 0.647. The predicted molar refractivity (Wildman–Crippen MR) is 254 cm³/mol. The summed E-state index contributed by atoms with van der Waals surface area (Å²) in [5, 5.41) is 5.98. The van der Waals surface area contributed by atoms with Crippen molar-refractivity contribution in [2.45, 2.75) is 0 Å². The van der Waals surface area contributed by atoms with Crippen molar-refractivity contribution in [3.8, 4) is 61.7 Å². The Labute approximate surface area is 351 Å². The van der Waals surface area contributed by atoms with Crippen LogP contribution in [0.2, 0.25) is 0 Å². The number of thiophene rings is 1. The Kier molecular flexibility index (Phi) is 8.03. The van der Waals surface area contributed by atoms with Gasteiger partial charge in [0.2, 0.25) is 5.95 Å². The highest BCUT2D eigenvalue weighted by Gasteiger charge is 2.19. The van der Waals surface area contributed by atoms with Crippen LogP contribution in [-0.2, 0) is 0 Å². The maximum Gasteiger partial charge on any atom is 0.235 e. The highest BCUT2D eigenvalue weighted by Crippen LogP contribution is 2.40. The first-order valence-corrected chi connectivity index (χ1v) is 21.1. The van der Waals surface area contributed by atoms with E-state index in [1.165, 1.54) is 42.4 Å². The number of benzene rings is 9. The third-order valence-electron chi connectivity index (χ3n) is 11.8. The largest absolute Gasteiger partial charge is 0.278 e. The van der Waals surface area contributed by atoms with Crippen molar-refractivity contribution >= 4 is 64.2 Å². The van der Waals surface area contributed by atoms with Gasteiger partial charge in [-0.2, -0.15) is 0 Å². The lowest BCUT2D eigenvalue weighted by Crippen LogP contribution is -2.03. The lowest BCUT2D eigenvalue weighted by molar-refractivity contribution is 1.01. The standard InChI is InChI=1S/C56H35N3S/c1-3-13-36(14-4-1)42-31-43(37-15-5-2-6-16-37)33-44(32-42)55-47-19-7-10-20-50(47)57-56(58-55)59-51-21-11-8-17-45(51)48-34-40(27-29-52(48)59)38-23-25-39(26-24-38)41-28-30-54-49(35-41)46-18-9-12-22-53(46)60-54/h1-35H. The van der Waals surface area contributed by atoms with Crippen molar-refractivity contribution in [2.75, 3.05) is 0 Å². The quantitative estimate of drug-likeness (QED) is 0.168. The Bertz CT molecular complexity index is 3530. The SMILES string of the molecule is c1ccc(-c2cc(-c3ccccc3)cc(-c3nc(-n4c5ccccc5c5cc(-c6ccc(-c7ccc8sc9ccccc9c8c7)cc6)ccc54)nc4ccccc34)c2)cc1. The fourth-order valence-corrected chi connectivity index (χ4v) is 9.96. The molecule has 12 rings (SSSR count). The number of aromatic nitrogens is 3. The molecule has 3 nitrogen and oxygen atoms in total. The van der Waals surface area contributed by atoms with Crippen LogP contribution in [0.15, 0.2) is 212 Å². The third-order valence-corrected chi connectivity index (χ3v) is 13.0. The number of rotatable bonds is 6. The molecule has 4 heteroatoms. The van der Waals surface area contributed by atoms with Crippen molar-refractivity contribution in [1.82, 2.24) is 14.5 Å². The van der Waals surface area contributed by atoms with Gasteiger partial charge in [-0.25, -0.2) is 9.97 Å². The second-order valence-corrected chi connectivity index (χ2v) is 16.5. The van der Waals surface area contributed by atoms with Crippen LogP contribution in [0.5, 0.6) is 0 Å². The maximum atomic E-state index is 5.49. The number of fused-ring (bicyclic) bond motifs is 7. The number of nitrogens with zero attached hydrogens (tertiary/aromatic N) is 3. The molecule has 0 radical (unpaired) electrons. The molecule has 0 atom stereocenters. The maximum absolute atomic E-state index is 5.49. The van der Waals surface area contributed by atoms with Gasteiger partial charge in [-0.15, -0.1) is 11.3 Å². The zero-order valence-corrected chi connectivity index (χ0v) is 33.3. The summed E-state index contributed by atoms with van der Waals surface area (Å²) in [6.07, 6.45) is 0. The van der Waals surface area contributed by atoms with Crippen molar-refractivity contribution in [1.29, 1.82) is 0 Å². The van der Waals surface area contributed by atoms with E-state index >= 15 is 0 Å². The Morgan fingerprint density at radius 1 is 0.300 bits per heavy atom. The number of hydrogen-bond donors (Lipinski definition) is 0. The third kappa shape index (κ3) is 5.80. The van der Waals surface area contributed by atoms with Crippen LogP contribution in [-0.4, -0.2) is 14.5 Å². The van der Waals surface area contributed by atoms with Gasteiger partial charge in [0.1, 0.15) is 0 Å². The highest BCUT2D eigenvalue weighted by atomic mass is 32.1. The molecular weight excluding hydrogens is 747 g/mol. The van der Waals surface area contributed by atoms with E-state index < -0.39 is 0 Å². The normalized spacial score (nSPS) is 11.7. The molecule has 9 aromatic carbocycles. The zero-order chi connectivity index (χ0) is 39.6. The smallest absolute Gasteiger partial charge is 0.235 e. The summed E-state index contributed by atoms with van der Waals surface area (Å²) in [6, 6.07) is 76.3. The molecule has 0 bridgehead atoms. The summed E-state index contributed by atoms with van der Waals surface area (Å²) in [4.78, 5) is 10.8. The molecule has 0 amide bonds. The fraction of sp³-hybridized carbons (Fsp3) is 0. The number of para-hydroxylation sites is 2. The summed E-state index contributed by atoms with van der Waals surface area (Å²) < 4.78 is 4.89. The van der Waals surface area contributed by atoms with E-state index in [1.54, 1.807) is 0 Å². The molecule has 0 spiro atoms. The van der Waals surface area contributed by atoms with Crippen molar-refractivity contribution in [2.24, 2.45) is 0 Å². The Balaban J connectivity index is 0.985. The second-order valence-electron chi connectivity index (χ2n) is 15.4. The lowest BCUT2D eigenvalue weighted by Gasteiger charge is -2.14. The predicted octanol–water partition coefficient (Wildman–Crippen LogP) is 15.4. The molecule has 60 heavy (non-hydrogen) atoms. The molecule has 12 aromatic rings. The van der Waals surface area contributed by atoms with Crippen LogP contribution in [0, 0.1) is 0 Å². The Morgan fingerprint density at radius 2 is 0.800 bits per heavy atom. The van der Waals surface area contributed by atoms with Gasteiger partial charge >= 0.3 is 0 Å². The van der Waals surface area contributed by atoms with Gasteiger partial charge in [0.15, 0.2) is 0 Å². The lowest BCUT2D eigenvalue weighted by atomic mass is 9.94. The van der Waals surface area contributed by atoms with Gasteiger partial charge in [-0.05, 0) is 105 Å². The fourth-order valence-electron chi connectivity index (χ4n) is 8.87. The van der Waals surface area contributed by atoms with E-state index in [1.807, 2.05) is 11.3 Å². The van der Waals surface area contributed by atoms with Crippen LogP contribution in [0.25, 0.3) is 115 Å². The van der Waals surface area contributed by atoms with Gasteiger partial charge < -0.3 is 0 Å². The molecule has 0 aliphatic heterocycles. The van der Waals surface area contributed by atoms with Crippen LogP contribution in [0.1, 0.15) is 0 Å². The monoisotopic (exact) mass is 781 g/mol. The van der Waals surface area contributed by atoms with Gasteiger partial charge in [-0.3, -0.25) is 4.57 Å². The summed E-state index contributed by atoms with van der Waals surface area (Å²) in [7, 11) is 0. The topological polar surface area (TPSA) is 30.7 Å². The van der Waals surface area contributed by atoms with E-state index in [0.717, 1.165) is 66.2 Å². The van der Waals surface area contributed by atoms with Crippen molar-refractivity contribution < 1.29 is 0 Å². The molecule has 0 fully saturated rings. The molecule has 0 saturated heterocycles. The highest BCUT2D eigenvalue weighted by molar-refractivity contribution is 7.25. The first-order valence-electron chi connectivity index (χ1n) is 20.3. The van der Waals surface area contributed by atoms with Crippen molar-refractivity contribution in [3.05, 3.63) is 212 Å². The minimum absolute atomic E-state index is 0.647. The first-order chi connectivity index (χ1) is 29.7. The van der Waals surface area contributed by atoms with Gasteiger partial charge in [0, 0.05) is 41.9 Å². The molecule has 0 aliphatic carbocycles. The van der Waals surface area contributed by atoms with Gasteiger partial charge in [0.25, 0.3) is 0 Å². The van der Waals surface area contributed by atoms with Gasteiger partial charge in [-0.1, -0.05) is 152 Å². The Hall–Kier alpha value is -7.66. The molecule has 3 aromatic heterocycles. The second kappa shape index (κ2) is 14.0. The van der Waals surface area contributed by atoms with Crippen LogP contribution in [0.4, 0.5) is 0 Å². The average molecular weight is 782 g/mol.